The highest BCUT2D eigenvalue weighted by atomic mass is 32.2. The van der Waals surface area contributed by atoms with Gasteiger partial charge in [-0.05, 0) is 20.8 Å². The summed E-state index contributed by atoms with van der Waals surface area (Å²) in [6.07, 6.45) is 0. The molecule has 3 nitrogen and oxygen atoms in total. The minimum absolute atomic E-state index is 0.0237. The molecule has 0 aromatic carbocycles. The second kappa shape index (κ2) is 3.03. The van der Waals surface area contributed by atoms with E-state index in [4.69, 9.17) is 5.26 Å². The molecule has 0 saturated heterocycles. The summed E-state index contributed by atoms with van der Waals surface area (Å²) in [4.78, 5) is 0. The molecule has 74 valence electrons. The zero-order valence-corrected chi connectivity index (χ0v) is 9.48. The van der Waals surface area contributed by atoms with E-state index in [1.165, 1.54) is 5.69 Å². The van der Waals surface area contributed by atoms with E-state index in [0.717, 1.165) is 17.1 Å². The summed E-state index contributed by atoms with van der Waals surface area (Å²) in [6, 6.07) is 2.17. The summed E-state index contributed by atoms with van der Waals surface area (Å²) in [6.45, 7) is 6.35. The number of hydrogen-bond donors (Lipinski definition) is 0. The Morgan fingerprint density at radius 3 is 2.71 bits per heavy atom. The SMILES string of the molecule is CC(C)(C)n1nc(C#N)c2c1CSC2. The van der Waals surface area contributed by atoms with Crippen molar-refractivity contribution < 1.29 is 0 Å². The van der Waals surface area contributed by atoms with E-state index in [-0.39, 0.29) is 5.54 Å². The van der Waals surface area contributed by atoms with Gasteiger partial charge in [0.05, 0.1) is 11.2 Å². The Hall–Kier alpha value is -0.950. The first-order valence-electron chi connectivity index (χ1n) is 4.63. The average molecular weight is 207 g/mol. The molecule has 0 atom stereocenters. The molecule has 4 heteroatoms. The number of fused-ring (bicyclic) bond motifs is 1. The van der Waals surface area contributed by atoms with Gasteiger partial charge in [0, 0.05) is 17.1 Å². The standard InChI is InChI=1S/C10H13N3S/c1-10(2,3)13-9-6-14-5-7(9)8(4-11)12-13/h5-6H2,1-3H3. The molecule has 0 N–H and O–H groups in total. The van der Waals surface area contributed by atoms with Gasteiger partial charge in [-0.2, -0.15) is 22.1 Å². The molecular weight excluding hydrogens is 194 g/mol. The third kappa shape index (κ3) is 1.32. The maximum Gasteiger partial charge on any atom is 0.166 e. The third-order valence-corrected chi connectivity index (χ3v) is 3.29. The fourth-order valence-corrected chi connectivity index (χ4v) is 2.78. The van der Waals surface area contributed by atoms with Gasteiger partial charge in [0.1, 0.15) is 6.07 Å². The van der Waals surface area contributed by atoms with E-state index in [0.29, 0.717) is 5.69 Å². The van der Waals surface area contributed by atoms with E-state index in [1.807, 2.05) is 16.4 Å². The van der Waals surface area contributed by atoms with Crippen LogP contribution in [0.1, 0.15) is 37.7 Å². The number of thioether (sulfide) groups is 1. The third-order valence-electron chi connectivity index (χ3n) is 2.32. The van der Waals surface area contributed by atoms with Crippen LogP contribution in [0.2, 0.25) is 0 Å². The van der Waals surface area contributed by atoms with Crippen LogP contribution in [-0.2, 0) is 17.0 Å². The molecular formula is C10H13N3S. The number of aromatic nitrogens is 2. The maximum atomic E-state index is 8.95. The molecule has 0 amide bonds. The van der Waals surface area contributed by atoms with Crippen molar-refractivity contribution >= 4 is 11.8 Å². The van der Waals surface area contributed by atoms with Crippen LogP contribution < -0.4 is 0 Å². The van der Waals surface area contributed by atoms with Crippen LogP contribution in [0.3, 0.4) is 0 Å². The first kappa shape index (κ1) is 9.60. The highest BCUT2D eigenvalue weighted by Gasteiger charge is 2.27. The lowest BCUT2D eigenvalue weighted by Crippen LogP contribution is -2.25. The first-order chi connectivity index (χ1) is 6.54. The average Bonchev–Trinajstić information content (AvgIpc) is 2.59. The largest absolute Gasteiger partial charge is 0.262 e. The Balaban J connectivity index is 2.60. The lowest BCUT2D eigenvalue weighted by Gasteiger charge is -2.21. The summed E-state index contributed by atoms with van der Waals surface area (Å²) in [5.41, 5.74) is 2.97. The highest BCUT2D eigenvalue weighted by molar-refractivity contribution is 7.98. The van der Waals surface area contributed by atoms with E-state index in [9.17, 15) is 0 Å². The van der Waals surface area contributed by atoms with Crippen molar-refractivity contribution in [3.8, 4) is 6.07 Å². The molecule has 2 rings (SSSR count). The number of rotatable bonds is 0. The Kier molecular flexibility index (Phi) is 2.07. The van der Waals surface area contributed by atoms with Crippen LogP contribution in [0.4, 0.5) is 0 Å². The zero-order valence-electron chi connectivity index (χ0n) is 8.66. The first-order valence-corrected chi connectivity index (χ1v) is 5.78. The van der Waals surface area contributed by atoms with E-state index in [2.05, 4.69) is 31.9 Å². The van der Waals surface area contributed by atoms with Gasteiger partial charge in [-0.25, -0.2) is 0 Å². The van der Waals surface area contributed by atoms with Crippen molar-refractivity contribution in [3.63, 3.8) is 0 Å². The van der Waals surface area contributed by atoms with Gasteiger partial charge in [0.25, 0.3) is 0 Å². The Bertz CT molecular complexity index is 406. The van der Waals surface area contributed by atoms with Crippen molar-refractivity contribution in [2.75, 3.05) is 0 Å². The lowest BCUT2D eigenvalue weighted by atomic mass is 10.1. The van der Waals surface area contributed by atoms with Gasteiger partial charge in [0.2, 0.25) is 0 Å². The predicted octanol–water partition coefficient (Wildman–Crippen LogP) is 2.26. The zero-order chi connectivity index (χ0) is 10.3. The van der Waals surface area contributed by atoms with Crippen molar-refractivity contribution in [1.82, 2.24) is 9.78 Å². The second-order valence-corrected chi connectivity index (χ2v) is 5.45. The van der Waals surface area contributed by atoms with Crippen molar-refractivity contribution in [1.29, 1.82) is 5.26 Å². The molecule has 0 spiro atoms. The Morgan fingerprint density at radius 2 is 2.14 bits per heavy atom. The molecule has 0 fully saturated rings. The van der Waals surface area contributed by atoms with Crippen molar-refractivity contribution in [2.45, 2.75) is 37.8 Å². The Morgan fingerprint density at radius 1 is 1.43 bits per heavy atom. The van der Waals surface area contributed by atoms with Crippen LogP contribution in [-0.4, -0.2) is 9.78 Å². The van der Waals surface area contributed by atoms with E-state index >= 15 is 0 Å². The van der Waals surface area contributed by atoms with Crippen molar-refractivity contribution in [2.24, 2.45) is 0 Å². The van der Waals surface area contributed by atoms with Gasteiger partial charge in [-0.3, -0.25) is 4.68 Å². The summed E-state index contributed by atoms with van der Waals surface area (Å²) in [5.74, 6) is 1.93. The molecule has 2 heterocycles. The minimum Gasteiger partial charge on any atom is -0.262 e. The van der Waals surface area contributed by atoms with Crippen LogP contribution in [0.15, 0.2) is 0 Å². The summed E-state index contributed by atoms with van der Waals surface area (Å²) >= 11 is 1.86. The van der Waals surface area contributed by atoms with Crippen LogP contribution >= 0.6 is 11.8 Å². The number of nitriles is 1. The van der Waals surface area contributed by atoms with Gasteiger partial charge in [-0.1, -0.05) is 0 Å². The molecule has 1 aliphatic rings. The van der Waals surface area contributed by atoms with Gasteiger partial charge in [-0.15, -0.1) is 0 Å². The fourth-order valence-electron chi connectivity index (χ4n) is 1.68. The molecule has 0 radical (unpaired) electrons. The molecule has 1 aliphatic heterocycles. The van der Waals surface area contributed by atoms with Crippen LogP contribution in [0, 0.1) is 11.3 Å². The second-order valence-electron chi connectivity index (χ2n) is 4.46. The van der Waals surface area contributed by atoms with Gasteiger partial charge < -0.3 is 0 Å². The van der Waals surface area contributed by atoms with Crippen molar-refractivity contribution in [3.05, 3.63) is 17.0 Å². The van der Waals surface area contributed by atoms with E-state index in [1.54, 1.807) is 0 Å². The molecule has 0 aliphatic carbocycles. The molecule has 0 bridgehead atoms. The summed E-state index contributed by atoms with van der Waals surface area (Å²) in [7, 11) is 0. The summed E-state index contributed by atoms with van der Waals surface area (Å²) in [5, 5.41) is 13.3. The molecule has 1 aromatic rings. The smallest absolute Gasteiger partial charge is 0.166 e. The van der Waals surface area contributed by atoms with Gasteiger partial charge >= 0.3 is 0 Å². The normalized spacial score (nSPS) is 15.3. The lowest BCUT2D eigenvalue weighted by molar-refractivity contribution is 0.346. The number of hydrogen-bond acceptors (Lipinski definition) is 3. The number of nitrogens with zero attached hydrogens (tertiary/aromatic N) is 3. The topological polar surface area (TPSA) is 41.6 Å². The highest BCUT2D eigenvalue weighted by Crippen LogP contribution is 2.34. The Labute approximate surface area is 88.1 Å². The quantitative estimate of drug-likeness (QED) is 0.655. The molecule has 14 heavy (non-hydrogen) atoms. The van der Waals surface area contributed by atoms with Gasteiger partial charge in [0.15, 0.2) is 5.69 Å². The van der Waals surface area contributed by atoms with Crippen LogP contribution in [0.25, 0.3) is 0 Å². The van der Waals surface area contributed by atoms with E-state index < -0.39 is 0 Å². The fraction of sp³-hybridized carbons (Fsp3) is 0.600. The monoisotopic (exact) mass is 207 g/mol. The van der Waals surface area contributed by atoms with Crippen LogP contribution in [0.5, 0.6) is 0 Å². The molecule has 0 unspecified atom stereocenters. The maximum absolute atomic E-state index is 8.95. The molecule has 0 saturated carbocycles. The minimum atomic E-state index is -0.0237. The summed E-state index contributed by atoms with van der Waals surface area (Å²) < 4.78 is 2.00. The molecule has 1 aromatic heterocycles. The predicted molar refractivity (Wildman–Crippen MR) is 56.9 cm³/mol.